The largest absolute Gasteiger partial charge is 0.320 e. The number of allylic oxidation sites excluding steroid dienone is 1. The molecule has 0 aliphatic heterocycles. The van der Waals surface area contributed by atoms with Gasteiger partial charge in [0.1, 0.15) is 7.14 Å². The highest BCUT2D eigenvalue weighted by Gasteiger charge is 1.96. The molecule has 0 aromatic heterocycles. The van der Waals surface area contributed by atoms with Crippen LogP contribution in [0.15, 0.2) is 11.9 Å². The van der Waals surface area contributed by atoms with Crippen molar-refractivity contribution < 1.29 is 4.57 Å². The molecule has 0 saturated heterocycles. The first-order valence-corrected chi connectivity index (χ1v) is 5.45. The van der Waals surface area contributed by atoms with Crippen molar-refractivity contribution in [3.05, 3.63) is 11.9 Å². The van der Waals surface area contributed by atoms with Crippen LogP contribution in [0, 0.1) is 0 Å². The highest BCUT2D eigenvalue weighted by Crippen LogP contribution is 2.37. The van der Waals surface area contributed by atoms with Gasteiger partial charge in [0.15, 0.2) is 0 Å². The second-order valence-corrected chi connectivity index (χ2v) is 5.39. The maximum atomic E-state index is 10.9. The van der Waals surface area contributed by atoms with E-state index in [-0.39, 0.29) is 0 Å². The van der Waals surface area contributed by atoms with E-state index in [0.29, 0.717) is 0 Å². The maximum Gasteiger partial charge on any atom is 0.102 e. The SMILES string of the molecule is CC/C=C/P(C)(C)=O. The molecular formula is C6H13OP. The van der Waals surface area contributed by atoms with Crippen LogP contribution in [-0.2, 0) is 4.57 Å². The molecule has 2 heteroatoms. The lowest BCUT2D eigenvalue weighted by molar-refractivity contribution is 0.588. The summed E-state index contributed by atoms with van der Waals surface area (Å²) < 4.78 is 10.9. The van der Waals surface area contributed by atoms with Gasteiger partial charge in [0.05, 0.1) is 0 Å². The average Bonchev–Trinajstić information content (AvgIpc) is 1.59. The average molecular weight is 132 g/mol. The van der Waals surface area contributed by atoms with Gasteiger partial charge in [-0.25, -0.2) is 0 Å². The summed E-state index contributed by atoms with van der Waals surface area (Å²) in [6.45, 7) is 5.56. The molecular weight excluding hydrogens is 119 g/mol. The zero-order chi connectivity index (χ0) is 6.62. The summed E-state index contributed by atoms with van der Waals surface area (Å²) in [5, 5.41) is 0. The van der Waals surface area contributed by atoms with Crippen molar-refractivity contribution in [2.24, 2.45) is 0 Å². The van der Waals surface area contributed by atoms with Gasteiger partial charge in [-0.1, -0.05) is 13.0 Å². The van der Waals surface area contributed by atoms with Crippen LogP contribution in [0.2, 0.25) is 0 Å². The van der Waals surface area contributed by atoms with Crippen LogP contribution in [0.5, 0.6) is 0 Å². The topological polar surface area (TPSA) is 17.1 Å². The van der Waals surface area contributed by atoms with Gasteiger partial charge in [0.2, 0.25) is 0 Å². The molecule has 1 nitrogen and oxygen atoms in total. The fourth-order valence-corrected chi connectivity index (χ4v) is 1.08. The smallest absolute Gasteiger partial charge is 0.102 e. The van der Waals surface area contributed by atoms with E-state index in [1.54, 1.807) is 19.1 Å². The van der Waals surface area contributed by atoms with E-state index in [9.17, 15) is 4.57 Å². The first-order chi connectivity index (χ1) is 3.56. The van der Waals surface area contributed by atoms with Crippen LogP contribution >= 0.6 is 7.14 Å². The Kier molecular flexibility index (Phi) is 3.08. The van der Waals surface area contributed by atoms with Gasteiger partial charge in [-0.05, 0) is 25.6 Å². The summed E-state index contributed by atoms with van der Waals surface area (Å²) in [4.78, 5) is 0. The van der Waals surface area contributed by atoms with Crippen LogP contribution in [0.25, 0.3) is 0 Å². The van der Waals surface area contributed by atoms with E-state index < -0.39 is 7.14 Å². The lowest BCUT2D eigenvalue weighted by Crippen LogP contribution is -1.64. The highest BCUT2D eigenvalue weighted by atomic mass is 31.2. The first kappa shape index (κ1) is 7.97. The van der Waals surface area contributed by atoms with Crippen molar-refractivity contribution in [3.8, 4) is 0 Å². The fraction of sp³-hybridized carbons (Fsp3) is 0.667. The molecule has 0 saturated carbocycles. The number of hydrogen-bond donors (Lipinski definition) is 0. The highest BCUT2D eigenvalue weighted by molar-refractivity contribution is 7.65. The van der Waals surface area contributed by atoms with E-state index in [4.69, 9.17) is 0 Å². The minimum Gasteiger partial charge on any atom is -0.320 e. The molecule has 0 fully saturated rings. The second kappa shape index (κ2) is 3.09. The van der Waals surface area contributed by atoms with Crippen LogP contribution in [0.1, 0.15) is 13.3 Å². The molecule has 0 aliphatic rings. The van der Waals surface area contributed by atoms with Gasteiger partial charge < -0.3 is 4.57 Å². The lowest BCUT2D eigenvalue weighted by atomic mass is 10.5. The Labute approximate surface area is 51.2 Å². The van der Waals surface area contributed by atoms with E-state index in [1.165, 1.54) is 0 Å². The predicted molar refractivity (Wildman–Crippen MR) is 38.9 cm³/mol. The Balaban J connectivity index is 3.71. The summed E-state index contributed by atoms with van der Waals surface area (Å²) in [5.74, 6) is 1.80. The Hall–Kier alpha value is -0.0300. The monoisotopic (exact) mass is 132 g/mol. The molecule has 0 N–H and O–H groups in total. The van der Waals surface area contributed by atoms with Gasteiger partial charge in [0.25, 0.3) is 0 Å². The van der Waals surface area contributed by atoms with E-state index in [2.05, 4.69) is 0 Å². The summed E-state index contributed by atoms with van der Waals surface area (Å²) in [6.07, 6.45) is 2.92. The van der Waals surface area contributed by atoms with Gasteiger partial charge in [-0.3, -0.25) is 0 Å². The maximum absolute atomic E-state index is 10.9. The van der Waals surface area contributed by atoms with Crippen molar-refractivity contribution >= 4 is 7.14 Å². The molecule has 0 aliphatic carbocycles. The molecule has 48 valence electrons. The number of rotatable bonds is 2. The standard InChI is InChI=1S/C6H13OP/c1-4-5-6-8(2,3)7/h5-6H,4H2,1-3H3/b6-5+. The minimum atomic E-state index is -1.86. The third-order valence-electron chi connectivity index (χ3n) is 0.700. The van der Waals surface area contributed by atoms with Gasteiger partial charge in [-0.15, -0.1) is 0 Å². The zero-order valence-corrected chi connectivity index (χ0v) is 6.61. The van der Waals surface area contributed by atoms with Crippen molar-refractivity contribution in [2.75, 3.05) is 13.3 Å². The van der Waals surface area contributed by atoms with Crippen molar-refractivity contribution in [1.82, 2.24) is 0 Å². The van der Waals surface area contributed by atoms with Crippen molar-refractivity contribution in [3.63, 3.8) is 0 Å². The summed E-state index contributed by atoms with van der Waals surface area (Å²) in [7, 11) is -1.86. The Morgan fingerprint density at radius 1 is 1.50 bits per heavy atom. The molecule has 0 rings (SSSR count). The Bertz CT molecular complexity index is 120. The molecule has 0 aromatic rings. The van der Waals surface area contributed by atoms with E-state index in [1.807, 2.05) is 13.0 Å². The van der Waals surface area contributed by atoms with Crippen molar-refractivity contribution in [2.45, 2.75) is 13.3 Å². The van der Waals surface area contributed by atoms with Gasteiger partial charge in [-0.2, -0.15) is 0 Å². The van der Waals surface area contributed by atoms with E-state index >= 15 is 0 Å². The van der Waals surface area contributed by atoms with Gasteiger partial charge in [0, 0.05) is 0 Å². The first-order valence-electron chi connectivity index (χ1n) is 2.78. The van der Waals surface area contributed by atoms with Crippen LogP contribution in [0.4, 0.5) is 0 Å². The van der Waals surface area contributed by atoms with Crippen LogP contribution < -0.4 is 0 Å². The van der Waals surface area contributed by atoms with E-state index in [0.717, 1.165) is 6.42 Å². The molecule has 0 aromatic carbocycles. The lowest BCUT2D eigenvalue weighted by Gasteiger charge is -1.93. The summed E-state index contributed by atoms with van der Waals surface area (Å²) in [5.41, 5.74) is 0. The quantitative estimate of drug-likeness (QED) is 0.527. The molecule has 0 amide bonds. The summed E-state index contributed by atoms with van der Waals surface area (Å²) in [6, 6.07) is 0. The molecule has 0 heterocycles. The van der Waals surface area contributed by atoms with Crippen molar-refractivity contribution in [1.29, 1.82) is 0 Å². The third-order valence-corrected chi connectivity index (χ3v) is 1.63. The number of hydrogen-bond acceptors (Lipinski definition) is 1. The molecule has 0 unspecified atom stereocenters. The predicted octanol–water partition coefficient (Wildman–Crippen LogP) is 2.53. The second-order valence-electron chi connectivity index (χ2n) is 2.23. The Morgan fingerprint density at radius 3 is 2.12 bits per heavy atom. The normalized spacial score (nSPS) is 12.9. The fourth-order valence-electron chi connectivity index (χ4n) is 0.359. The summed E-state index contributed by atoms with van der Waals surface area (Å²) >= 11 is 0. The van der Waals surface area contributed by atoms with Gasteiger partial charge >= 0.3 is 0 Å². The zero-order valence-electron chi connectivity index (χ0n) is 5.72. The molecule has 0 radical (unpaired) electrons. The Morgan fingerprint density at radius 2 is 2.00 bits per heavy atom. The minimum absolute atomic E-state index is 0.978. The molecule has 0 atom stereocenters. The molecule has 0 spiro atoms. The third kappa shape index (κ3) is 5.97. The van der Waals surface area contributed by atoms with Crippen LogP contribution in [-0.4, -0.2) is 13.3 Å². The molecule has 0 bridgehead atoms. The van der Waals surface area contributed by atoms with Crippen LogP contribution in [0.3, 0.4) is 0 Å². The molecule has 8 heavy (non-hydrogen) atoms.